The molecule has 2 aromatic rings. The number of fused-ring (bicyclic) bond motifs is 2. The molecule has 164 valence electrons. The van der Waals surface area contributed by atoms with Crippen LogP contribution in [-0.4, -0.2) is 34.6 Å². The van der Waals surface area contributed by atoms with Crippen molar-refractivity contribution >= 4 is 23.6 Å². The van der Waals surface area contributed by atoms with Crippen molar-refractivity contribution in [2.24, 2.45) is 0 Å². The minimum absolute atomic E-state index is 0.0511. The van der Waals surface area contributed by atoms with Crippen LogP contribution in [0.3, 0.4) is 0 Å². The quantitative estimate of drug-likeness (QED) is 0.619. The van der Waals surface area contributed by atoms with Crippen molar-refractivity contribution in [3.63, 3.8) is 0 Å². The fourth-order valence-electron chi connectivity index (χ4n) is 4.70. The molecule has 3 heterocycles. The average Bonchev–Trinajstić information content (AvgIpc) is 3.35. The van der Waals surface area contributed by atoms with Crippen LogP contribution >= 0.6 is 0 Å². The van der Waals surface area contributed by atoms with Crippen molar-refractivity contribution in [3.8, 4) is 0 Å². The second kappa shape index (κ2) is 7.96. The summed E-state index contributed by atoms with van der Waals surface area (Å²) in [5, 5.41) is 9.02. The molecule has 0 aromatic heterocycles. The lowest BCUT2D eigenvalue weighted by molar-refractivity contribution is -0.136. The molecular formula is C24H24N4O4. The highest BCUT2D eigenvalue weighted by Crippen LogP contribution is 2.30. The molecule has 8 nitrogen and oxygen atoms in total. The molecule has 32 heavy (non-hydrogen) atoms. The lowest BCUT2D eigenvalue weighted by Crippen LogP contribution is -2.54. The zero-order valence-corrected chi connectivity index (χ0v) is 17.7. The smallest absolute Gasteiger partial charge is 0.262 e. The van der Waals surface area contributed by atoms with Crippen LogP contribution < -0.4 is 16.0 Å². The molecule has 0 bridgehead atoms. The van der Waals surface area contributed by atoms with Crippen LogP contribution in [0.1, 0.15) is 68.8 Å². The molecule has 2 unspecified atom stereocenters. The van der Waals surface area contributed by atoms with E-state index in [0.717, 1.165) is 23.6 Å². The van der Waals surface area contributed by atoms with Crippen molar-refractivity contribution in [1.82, 2.24) is 20.9 Å². The van der Waals surface area contributed by atoms with E-state index in [1.54, 1.807) is 12.1 Å². The number of nitrogens with one attached hydrogen (secondary N) is 3. The topological polar surface area (TPSA) is 108 Å². The number of nitrogens with zero attached hydrogens (tertiary/aromatic N) is 1. The molecule has 5 rings (SSSR count). The first-order chi connectivity index (χ1) is 15.4. The van der Waals surface area contributed by atoms with Crippen molar-refractivity contribution in [2.75, 3.05) is 0 Å². The van der Waals surface area contributed by atoms with E-state index in [-0.39, 0.29) is 24.8 Å². The number of rotatable bonds is 5. The first-order valence-electron chi connectivity index (χ1n) is 10.8. The van der Waals surface area contributed by atoms with Gasteiger partial charge in [0.05, 0.1) is 11.1 Å². The van der Waals surface area contributed by atoms with E-state index in [4.69, 9.17) is 0 Å². The van der Waals surface area contributed by atoms with Crippen molar-refractivity contribution in [1.29, 1.82) is 0 Å². The Bertz CT molecular complexity index is 1160. The van der Waals surface area contributed by atoms with Crippen LogP contribution in [0.4, 0.5) is 0 Å². The Labute approximate surface area is 185 Å². The lowest BCUT2D eigenvalue weighted by Gasteiger charge is -2.27. The monoisotopic (exact) mass is 432 g/mol. The normalized spacial score (nSPS) is 20.9. The molecule has 0 spiro atoms. The van der Waals surface area contributed by atoms with Gasteiger partial charge in [-0.05, 0) is 41.7 Å². The van der Waals surface area contributed by atoms with Gasteiger partial charge in [-0.2, -0.15) is 0 Å². The Kier molecular flexibility index (Phi) is 5.11. The molecule has 3 N–H and O–H groups in total. The van der Waals surface area contributed by atoms with E-state index in [1.807, 2.05) is 6.07 Å². The second-order valence-electron chi connectivity index (χ2n) is 8.52. The lowest BCUT2D eigenvalue weighted by atomic mass is 10.00. The number of carbonyl (C=O) groups is 4. The first-order valence-corrected chi connectivity index (χ1v) is 10.8. The number of amides is 4. The van der Waals surface area contributed by atoms with Crippen LogP contribution in [0.25, 0.3) is 0 Å². The van der Waals surface area contributed by atoms with E-state index in [0.29, 0.717) is 23.2 Å². The Morgan fingerprint density at radius 3 is 2.69 bits per heavy atom. The van der Waals surface area contributed by atoms with Gasteiger partial charge >= 0.3 is 0 Å². The summed E-state index contributed by atoms with van der Waals surface area (Å²) in [6.45, 7) is 4.24. The molecule has 2 atom stereocenters. The van der Waals surface area contributed by atoms with Gasteiger partial charge in [0.25, 0.3) is 11.8 Å². The van der Waals surface area contributed by atoms with Gasteiger partial charge in [-0.25, -0.2) is 0 Å². The summed E-state index contributed by atoms with van der Waals surface area (Å²) >= 11 is 0. The third-order valence-corrected chi connectivity index (χ3v) is 6.51. The van der Waals surface area contributed by atoms with E-state index >= 15 is 0 Å². The van der Waals surface area contributed by atoms with Gasteiger partial charge in [-0.3, -0.25) is 29.4 Å². The van der Waals surface area contributed by atoms with Crippen LogP contribution in [0.15, 0.2) is 36.4 Å². The molecule has 3 aliphatic heterocycles. The molecular weight excluding hydrogens is 408 g/mol. The van der Waals surface area contributed by atoms with Gasteiger partial charge in [-0.1, -0.05) is 30.3 Å². The summed E-state index contributed by atoms with van der Waals surface area (Å²) in [6, 6.07) is 10.7. The van der Waals surface area contributed by atoms with Gasteiger partial charge in [0, 0.05) is 32.1 Å². The van der Waals surface area contributed by atoms with Crippen molar-refractivity contribution in [2.45, 2.75) is 51.5 Å². The Hall–Kier alpha value is -3.36. The predicted octanol–water partition coefficient (Wildman–Crippen LogP) is 1.54. The summed E-state index contributed by atoms with van der Waals surface area (Å²) < 4.78 is 0. The summed E-state index contributed by atoms with van der Waals surface area (Å²) in [4.78, 5) is 50.9. The van der Waals surface area contributed by atoms with E-state index in [2.05, 4.69) is 41.1 Å². The third kappa shape index (κ3) is 3.41. The van der Waals surface area contributed by atoms with Crippen molar-refractivity contribution in [3.05, 3.63) is 69.8 Å². The highest BCUT2D eigenvalue weighted by Gasteiger charge is 2.45. The number of hydrogen-bond donors (Lipinski definition) is 3. The maximum atomic E-state index is 13.2. The summed E-state index contributed by atoms with van der Waals surface area (Å²) in [5.41, 5.74) is 5.13. The molecule has 8 heteroatoms. The minimum Gasteiger partial charge on any atom is -0.309 e. The molecule has 4 amide bonds. The SMILES string of the molecule is CC(NCc1cccc2c1C(=O)N(C1CCC(=O)NC1=O)C2=O)c1ccc2c(c1)CNC2. The highest BCUT2D eigenvalue weighted by molar-refractivity contribution is 6.24. The molecule has 1 saturated heterocycles. The summed E-state index contributed by atoms with van der Waals surface area (Å²) in [7, 11) is 0. The zero-order chi connectivity index (χ0) is 22.4. The highest BCUT2D eigenvalue weighted by atomic mass is 16.2. The number of carbonyl (C=O) groups excluding carboxylic acids is 4. The standard InChI is InChI=1S/C24H24N4O4/c1-13(14-5-6-15-10-25-11-17(15)9-14)26-12-16-3-2-4-18-21(16)24(32)28(23(18)31)19-7-8-20(29)27-22(19)30/h2-6,9,13,19,25-26H,7-8,10-12H2,1H3,(H,27,29,30). The van der Waals surface area contributed by atoms with E-state index in [9.17, 15) is 19.2 Å². The molecule has 0 aliphatic carbocycles. The van der Waals surface area contributed by atoms with Gasteiger partial charge in [0.15, 0.2) is 0 Å². The molecule has 0 saturated carbocycles. The Morgan fingerprint density at radius 2 is 1.88 bits per heavy atom. The minimum atomic E-state index is -0.958. The van der Waals surface area contributed by atoms with E-state index < -0.39 is 23.8 Å². The zero-order valence-electron chi connectivity index (χ0n) is 17.7. The molecule has 0 radical (unpaired) electrons. The van der Waals surface area contributed by atoms with Crippen LogP contribution in [0.5, 0.6) is 0 Å². The van der Waals surface area contributed by atoms with Gasteiger partial charge in [0.2, 0.25) is 11.8 Å². The molecule has 2 aromatic carbocycles. The van der Waals surface area contributed by atoms with Gasteiger partial charge in [0.1, 0.15) is 6.04 Å². The predicted molar refractivity (Wildman–Crippen MR) is 115 cm³/mol. The fraction of sp³-hybridized carbons (Fsp3) is 0.333. The maximum absolute atomic E-state index is 13.2. The molecule has 3 aliphatic rings. The first kappa shape index (κ1) is 20.5. The number of benzene rings is 2. The van der Waals surface area contributed by atoms with Gasteiger partial charge in [-0.15, -0.1) is 0 Å². The number of imide groups is 2. The largest absolute Gasteiger partial charge is 0.309 e. The van der Waals surface area contributed by atoms with Crippen LogP contribution in [0, 0.1) is 0 Å². The fourth-order valence-corrected chi connectivity index (χ4v) is 4.70. The Morgan fingerprint density at radius 1 is 1.06 bits per heavy atom. The maximum Gasteiger partial charge on any atom is 0.262 e. The number of piperidine rings is 1. The van der Waals surface area contributed by atoms with Crippen LogP contribution in [0.2, 0.25) is 0 Å². The second-order valence-corrected chi connectivity index (χ2v) is 8.52. The van der Waals surface area contributed by atoms with Gasteiger partial charge < -0.3 is 10.6 Å². The summed E-state index contributed by atoms with van der Waals surface area (Å²) in [6.07, 6.45) is 0.250. The number of hydrogen-bond acceptors (Lipinski definition) is 6. The molecule has 1 fully saturated rings. The van der Waals surface area contributed by atoms with E-state index in [1.165, 1.54) is 11.1 Å². The third-order valence-electron chi connectivity index (χ3n) is 6.51. The van der Waals surface area contributed by atoms with Crippen LogP contribution in [-0.2, 0) is 29.2 Å². The van der Waals surface area contributed by atoms with Crippen molar-refractivity contribution < 1.29 is 19.2 Å². The summed E-state index contributed by atoms with van der Waals surface area (Å²) in [5.74, 6) is -1.95. The average molecular weight is 432 g/mol. The Balaban J connectivity index is 1.35.